The Bertz CT molecular complexity index is 1050. The van der Waals surface area contributed by atoms with Gasteiger partial charge < -0.3 is 15.4 Å². The summed E-state index contributed by atoms with van der Waals surface area (Å²) in [5.41, 5.74) is 0.369. The summed E-state index contributed by atoms with van der Waals surface area (Å²) in [4.78, 5) is 42.7. The number of ether oxygens (including phenoxy) is 1. The van der Waals surface area contributed by atoms with Crippen molar-refractivity contribution in [2.75, 3.05) is 6.54 Å². The van der Waals surface area contributed by atoms with Crippen LogP contribution in [0.3, 0.4) is 0 Å². The quantitative estimate of drug-likeness (QED) is 0.621. The zero-order valence-corrected chi connectivity index (χ0v) is 20.9. The van der Waals surface area contributed by atoms with Gasteiger partial charge in [-0.05, 0) is 78.6 Å². The van der Waals surface area contributed by atoms with Crippen molar-refractivity contribution in [3.63, 3.8) is 0 Å². The number of Topliss-reactive ketones (excluding diaryl/α,β-unsaturated/α-hetero) is 1. The lowest BCUT2D eigenvalue weighted by molar-refractivity contribution is -0.119. The first-order valence-corrected chi connectivity index (χ1v) is 11.2. The summed E-state index contributed by atoms with van der Waals surface area (Å²) < 4.78 is 19.8. The average molecular weight is 472 g/mol. The second-order valence-electron chi connectivity index (χ2n) is 10.3. The van der Waals surface area contributed by atoms with Crippen LogP contribution in [0.2, 0.25) is 0 Å². The number of aryl methyl sites for hydroxylation is 1. The molecule has 184 valence electrons. The molecular formula is C26H34FN3O4. The van der Waals surface area contributed by atoms with Crippen LogP contribution in [0.5, 0.6) is 0 Å². The zero-order valence-electron chi connectivity index (χ0n) is 20.9. The van der Waals surface area contributed by atoms with Crippen LogP contribution in [0, 0.1) is 12.7 Å². The molecule has 2 aromatic rings. The van der Waals surface area contributed by atoms with Gasteiger partial charge in [-0.2, -0.15) is 0 Å². The predicted molar refractivity (Wildman–Crippen MR) is 128 cm³/mol. The lowest BCUT2D eigenvalue weighted by Gasteiger charge is -2.24. The zero-order chi connectivity index (χ0) is 25.7. The van der Waals surface area contributed by atoms with Gasteiger partial charge in [0.1, 0.15) is 11.4 Å². The Labute approximate surface area is 200 Å². The van der Waals surface area contributed by atoms with Gasteiger partial charge in [0, 0.05) is 11.7 Å². The molecule has 0 spiro atoms. The summed E-state index contributed by atoms with van der Waals surface area (Å²) in [6.07, 6.45) is 0.722. The van der Waals surface area contributed by atoms with Crippen LogP contribution >= 0.6 is 0 Å². The molecule has 1 aromatic carbocycles. The van der Waals surface area contributed by atoms with Crippen molar-refractivity contribution in [3.8, 4) is 0 Å². The van der Waals surface area contributed by atoms with Gasteiger partial charge in [0.2, 0.25) is 0 Å². The van der Waals surface area contributed by atoms with Crippen molar-refractivity contribution in [1.29, 1.82) is 0 Å². The van der Waals surface area contributed by atoms with E-state index in [1.165, 1.54) is 12.3 Å². The summed E-state index contributed by atoms with van der Waals surface area (Å²) in [5.74, 6) is -2.23. The maximum atomic E-state index is 14.6. The largest absolute Gasteiger partial charge is 0.444 e. The number of carbonyl (C=O) groups excluding carboxylic acids is 3. The van der Waals surface area contributed by atoms with E-state index in [1.807, 2.05) is 27.7 Å². The highest BCUT2D eigenvalue weighted by molar-refractivity contribution is 5.98. The maximum Gasteiger partial charge on any atom is 0.408 e. The molecule has 0 fully saturated rings. The highest BCUT2D eigenvalue weighted by Gasteiger charge is 2.30. The molecule has 0 saturated heterocycles. The van der Waals surface area contributed by atoms with E-state index >= 15 is 0 Å². The molecule has 1 atom stereocenters. The summed E-state index contributed by atoms with van der Waals surface area (Å²) in [6, 6.07) is 7.83. The second kappa shape index (κ2) is 10.8. The third-order valence-electron chi connectivity index (χ3n) is 4.72. The van der Waals surface area contributed by atoms with E-state index in [0.29, 0.717) is 5.56 Å². The number of hydrogen-bond donors (Lipinski definition) is 2. The maximum absolute atomic E-state index is 14.6. The van der Waals surface area contributed by atoms with Crippen molar-refractivity contribution in [2.24, 2.45) is 0 Å². The molecule has 0 radical (unpaired) electrons. The first-order chi connectivity index (χ1) is 15.7. The minimum atomic E-state index is -0.965. The number of alkyl carbamates (subject to hydrolysis) is 1. The van der Waals surface area contributed by atoms with Gasteiger partial charge >= 0.3 is 6.09 Å². The van der Waals surface area contributed by atoms with Crippen molar-refractivity contribution >= 4 is 17.8 Å². The normalized spacial score (nSPS) is 12.6. The minimum absolute atomic E-state index is 0.0187. The number of pyridine rings is 1. The Morgan fingerprint density at radius 1 is 1.09 bits per heavy atom. The third-order valence-corrected chi connectivity index (χ3v) is 4.72. The summed E-state index contributed by atoms with van der Waals surface area (Å²) in [6.45, 7) is 12.1. The molecule has 1 aromatic heterocycles. The molecule has 0 bridgehead atoms. The van der Waals surface area contributed by atoms with Crippen LogP contribution in [0.4, 0.5) is 9.18 Å². The molecule has 2 N–H and O–H groups in total. The van der Waals surface area contributed by atoms with Gasteiger partial charge in [-0.25, -0.2) is 9.18 Å². The number of ketones is 1. The number of aromatic nitrogens is 1. The van der Waals surface area contributed by atoms with Crippen LogP contribution in [0.1, 0.15) is 74.6 Å². The highest BCUT2D eigenvalue weighted by atomic mass is 19.1. The van der Waals surface area contributed by atoms with Gasteiger partial charge in [0.15, 0.2) is 5.78 Å². The number of rotatable bonds is 7. The molecule has 0 aliphatic carbocycles. The van der Waals surface area contributed by atoms with Gasteiger partial charge in [0.25, 0.3) is 5.91 Å². The lowest BCUT2D eigenvalue weighted by Crippen LogP contribution is -2.41. The Kier molecular flexibility index (Phi) is 8.53. The van der Waals surface area contributed by atoms with E-state index in [9.17, 15) is 18.8 Å². The van der Waals surface area contributed by atoms with Crippen LogP contribution in [0.25, 0.3) is 0 Å². The second-order valence-corrected chi connectivity index (χ2v) is 10.3. The van der Waals surface area contributed by atoms with E-state index in [0.717, 1.165) is 5.56 Å². The molecule has 1 heterocycles. The first-order valence-electron chi connectivity index (χ1n) is 11.2. The summed E-state index contributed by atoms with van der Waals surface area (Å²) in [7, 11) is 0. The standard InChI is InChI=1S/C26H34FN3O4/c1-16-10-11-20(27)17(13-16)14-19(21(31)15-29-24(33)34-26(5,6)7)22-18(9-8-12-28-22)23(32)30-25(2,3)4/h8-13,19H,14-15H2,1-7H3,(H,29,33)(H,30,32). The fraction of sp³-hybridized carbons (Fsp3) is 0.462. The number of benzene rings is 1. The summed E-state index contributed by atoms with van der Waals surface area (Å²) >= 11 is 0. The van der Waals surface area contributed by atoms with Crippen LogP contribution < -0.4 is 10.6 Å². The van der Waals surface area contributed by atoms with Crippen molar-refractivity contribution in [2.45, 2.75) is 71.9 Å². The van der Waals surface area contributed by atoms with E-state index in [-0.39, 0.29) is 24.2 Å². The van der Waals surface area contributed by atoms with Gasteiger partial charge in [-0.15, -0.1) is 0 Å². The predicted octanol–water partition coefficient (Wildman–Crippen LogP) is 4.48. The highest BCUT2D eigenvalue weighted by Crippen LogP contribution is 2.26. The molecule has 2 rings (SSSR count). The van der Waals surface area contributed by atoms with Crippen molar-refractivity contribution < 1.29 is 23.5 Å². The SMILES string of the molecule is Cc1ccc(F)c(CC(C(=O)CNC(=O)OC(C)(C)C)c2ncccc2C(=O)NC(C)(C)C)c1. The number of carbonyl (C=O) groups is 3. The molecule has 0 aliphatic rings. The minimum Gasteiger partial charge on any atom is -0.444 e. The van der Waals surface area contributed by atoms with Crippen LogP contribution in [0.15, 0.2) is 36.5 Å². The van der Waals surface area contributed by atoms with Crippen LogP contribution in [-0.2, 0) is 16.0 Å². The van der Waals surface area contributed by atoms with E-state index in [1.54, 1.807) is 45.0 Å². The summed E-state index contributed by atoms with van der Waals surface area (Å²) in [5, 5.41) is 5.33. The Balaban J connectivity index is 2.42. The molecule has 0 saturated carbocycles. The number of nitrogens with zero attached hydrogens (tertiary/aromatic N) is 1. The molecule has 34 heavy (non-hydrogen) atoms. The molecule has 7 nitrogen and oxygen atoms in total. The molecular weight excluding hydrogens is 437 g/mol. The average Bonchev–Trinajstić information content (AvgIpc) is 2.70. The Morgan fingerprint density at radius 2 is 1.76 bits per heavy atom. The fourth-order valence-corrected chi connectivity index (χ4v) is 3.33. The molecule has 1 unspecified atom stereocenters. The Morgan fingerprint density at radius 3 is 2.38 bits per heavy atom. The molecule has 2 amide bonds. The van der Waals surface area contributed by atoms with Crippen LogP contribution in [-0.4, -0.2) is 40.5 Å². The topological polar surface area (TPSA) is 97.4 Å². The smallest absolute Gasteiger partial charge is 0.408 e. The third kappa shape index (κ3) is 8.24. The molecule has 0 aliphatic heterocycles. The molecule has 8 heteroatoms. The van der Waals surface area contributed by atoms with Crippen molar-refractivity contribution in [1.82, 2.24) is 15.6 Å². The lowest BCUT2D eigenvalue weighted by atomic mass is 9.88. The van der Waals surface area contributed by atoms with Crippen molar-refractivity contribution in [3.05, 3.63) is 64.7 Å². The number of amides is 2. The van der Waals surface area contributed by atoms with Gasteiger partial charge in [0.05, 0.1) is 23.7 Å². The first kappa shape index (κ1) is 27.0. The van der Waals surface area contributed by atoms with Gasteiger partial charge in [-0.3, -0.25) is 14.6 Å². The number of hydrogen-bond acceptors (Lipinski definition) is 5. The Hall–Kier alpha value is -3.29. The fourth-order valence-electron chi connectivity index (χ4n) is 3.33. The van der Waals surface area contributed by atoms with E-state index in [2.05, 4.69) is 15.6 Å². The van der Waals surface area contributed by atoms with E-state index < -0.39 is 40.7 Å². The number of halogens is 1. The monoisotopic (exact) mass is 471 g/mol. The number of nitrogens with one attached hydrogen (secondary N) is 2. The van der Waals surface area contributed by atoms with Gasteiger partial charge in [-0.1, -0.05) is 17.7 Å². The van der Waals surface area contributed by atoms with E-state index in [4.69, 9.17) is 4.74 Å².